The lowest BCUT2D eigenvalue weighted by atomic mass is 10.2. The Kier molecular flexibility index (Phi) is 4.69. The summed E-state index contributed by atoms with van der Waals surface area (Å²) in [6.07, 6.45) is 0. The zero-order valence-corrected chi connectivity index (χ0v) is 15.7. The van der Waals surface area contributed by atoms with Crippen LogP contribution in [0.15, 0.2) is 51.8 Å². The minimum Gasteiger partial charge on any atom is -0.372 e. The Morgan fingerprint density at radius 1 is 1.13 bits per heavy atom. The first-order valence-electron chi connectivity index (χ1n) is 7.13. The van der Waals surface area contributed by atoms with Gasteiger partial charge in [0, 0.05) is 36.2 Å². The molecule has 1 heterocycles. The van der Waals surface area contributed by atoms with Crippen molar-refractivity contribution in [1.82, 2.24) is 4.31 Å². The number of benzene rings is 2. The van der Waals surface area contributed by atoms with Gasteiger partial charge in [0.15, 0.2) is 0 Å². The normalized spacial score (nSPS) is 17.6. The molecule has 0 saturated carbocycles. The predicted octanol–water partition coefficient (Wildman–Crippen LogP) is 3.74. The topological polar surface area (TPSA) is 40.6 Å². The second-order valence-corrected chi connectivity index (χ2v) is 8.76. The molecule has 2 aromatic carbocycles. The lowest BCUT2D eigenvalue weighted by Gasteiger charge is -2.20. The third-order valence-corrected chi connectivity index (χ3v) is 6.54. The molecule has 0 saturated heterocycles. The Hall–Kier alpha value is -1.08. The highest BCUT2D eigenvalue weighted by Crippen LogP contribution is 2.33. The first-order chi connectivity index (χ1) is 10.9. The summed E-state index contributed by atoms with van der Waals surface area (Å²) in [6, 6.07) is 12.5. The van der Waals surface area contributed by atoms with Crippen LogP contribution in [0, 0.1) is 0 Å². The lowest BCUT2D eigenvalue weighted by Crippen LogP contribution is -2.33. The molecule has 23 heavy (non-hydrogen) atoms. The van der Waals surface area contributed by atoms with Crippen LogP contribution >= 0.6 is 27.5 Å². The van der Waals surface area contributed by atoms with Crippen LogP contribution in [0.3, 0.4) is 0 Å². The molecule has 7 heteroatoms. The van der Waals surface area contributed by atoms with Gasteiger partial charge in [0.2, 0.25) is 10.0 Å². The fraction of sp³-hybridized carbons (Fsp3) is 0.250. The van der Waals surface area contributed by atoms with Gasteiger partial charge in [-0.25, -0.2) is 8.42 Å². The summed E-state index contributed by atoms with van der Waals surface area (Å²) in [7, 11) is -1.63. The van der Waals surface area contributed by atoms with E-state index in [4.69, 9.17) is 11.6 Å². The Morgan fingerprint density at radius 3 is 2.52 bits per heavy atom. The van der Waals surface area contributed by atoms with Gasteiger partial charge in [0.05, 0.1) is 5.69 Å². The van der Waals surface area contributed by atoms with E-state index in [0.717, 1.165) is 15.7 Å². The molecule has 0 fully saturated rings. The average Bonchev–Trinajstić information content (AvgIpc) is 2.60. The van der Waals surface area contributed by atoms with E-state index in [2.05, 4.69) is 15.9 Å². The molecule has 0 aromatic heterocycles. The molecule has 3 rings (SSSR count). The third-order valence-electron chi connectivity index (χ3n) is 3.91. The maximum atomic E-state index is 13.0. The second kappa shape index (κ2) is 6.43. The second-order valence-electron chi connectivity index (χ2n) is 5.50. The molecule has 0 spiro atoms. The van der Waals surface area contributed by atoms with Crippen LogP contribution in [0.5, 0.6) is 0 Å². The smallest absolute Gasteiger partial charge is 0.245 e. The van der Waals surface area contributed by atoms with Gasteiger partial charge in [-0.2, -0.15) is 4.31 Å². The summed E-state index contributed by atoms with van der Waals surface area (Å²) >= 11 is 9.30. The monoisotopic (exact) mass is 414 g/mol. The Morgan fingerprint density at radius 2 is 1.83 bits per heavy atom. The molecule has 1 aliphatic rings. The summed E-state index contributed by atoms with van der Waals surface area (Å²) in [5.74, 6) is 0. The Labute approximate surface area is 149 Å². The van der Waals surface area contributed by atoms with E-state index in [1.54, 1.807) is 24.3 Å². The number of rotatable bonds is 2. The third kappa shape index (κ3) is 3.40. The number of hydrogen-bond donors (Lipinski definition) is 0. The van der Waals surface area contributed by atoms with E-state index < -0.39 is 10.0 Å². The van der Waals surface area contributed by atoms with Crippen molar-refractivity contribution >= 4 is 43.2 Å². The number of anilines is 1. The molecule has 0 aliphatic carbocycles. The molecule has 0 atom stereocenters. The molecule has 4 nitrogen and oxygen atoms in total. The summed E-state index contributed by atoms with van der Waals surface area (Å²) in [4.78, 5) is 2.31. The van der Waals surface area contributed by atoms with Crippen molar-refractivity contribution in [2.24, 2.45) is 0 Å². The van der Waals surface area contributed by atoms with Gasteiger partial charge in [-0.1, -0.05) is 39.7 Å². The molecule has 0 N–H and O–H groups in total. The van der Waals surface area contributed by atoms with Crippen molar-refractivity contribution < 1.29 is 8.42 Å². The van der Waals surface area contributed by atoms with Crippen molar-refractivity contribution in [3.05, 3.63) is 57.5 Å². The highest BCUT2D eigenvalue weighted by atomic mass is 79.9. The van der Waals surface area contributed by atoms with Crippen molar-refractivity contribution in [1.29, 1.82) is 0 Å². The quantitative estimate of drug-likeness (QED) is 0.750. The number of likely N-dealkylation sites (N-methyl/N-ethyl adjacent to an activating group) is 1. The van der Waals surface area contributed by atoms with Crippen molar-refractivity contribution in [3.63, 3.8) is 0 Å². The summed E-state index contributed by atoms with van der Waals surface area (Å²) in [5.41, 5.74) is 1.64. The predicted molar refractivity (Wildman–Crippen MR) is 96.5 cm³/mol. The van der Waals surface area contributed by atoms with Crippen LogP contribution < -0.4 is 4.90 Å². The van der Waals surface area contributed by atoms with Crippen molar-refractivity contribution in [3.8, 4) is 0 Å². The first-order valence-corrected chi connectivity index (χ1v) is 9.74. The zero-order chi connectivity index (χ0) is 16.6. The maximum Gasteiger partial charge on any atom is 0.245 e. The number of fused-ring (bicyclic) bond motifs is 1. The molecular weight excluding hydrogens is 400 g/mol. The average molecular weight is 416 g/mol. The van der Waals surface area contributed by atoms with Crippen LogP contribution in [0.4, 0.5) is 5.69 Å². The van der Waals surface area contributed by atoms with E-state index >= 15 is 0 Å². The fourth-order valence-electron chi connectivity index (χ4n) is 2.61. The van der Waals surface area contributed by atoms with Gasteiger partial charge in [0.25, 0.3) is 0 Å². The van der Waals surface area contributed by atoms with E-state index in [1.807, 2.05) is 30.1 Å². The van der Waals surface area contributed by atoms with Crippen LogP contribution in [0.25, 0.3) is 0 Å². The molecule has 0 unspecified atom stereocenters. The largest absolute Gasteiger partial charge is 0.372 e. The Bertz CT molecular complexity index is 824. The van der Waals surface area contributed by atoms with E-state index in [0.29, 0.717) is 29.6 Å². The summed E-state index contributed by atoms with van der Waals surface area (Å²) < 4.78 is 28.4. The number of hydrogen-bond acceptors (Lipinski definition) is 3. The highest BCUT2D eigenvalue weighted by molar-refractivity contribution is 9.10. The van der Waals surface area contributed by atoms with Gasteiger partial charge in [0.1, 0.15) is 4.90 Å². The lowest BCUT2D eigenvalue weighted by molar-refractivity contribution is 0.417. The first kappa shape index (κ1) is 16.8. The van der Waals surface area contributed by atoms with E-state index in [1.165, 1.54) is 4.31 Å². The summed E-state index contributed by atoms with van der Waals surface area (Å²) in [5, 5.41) is 0.641. The number of sulfonamides is 1. The molecule has 0 bridgehead atoms. The minimum atomic E-state index is -3.54. The molecule has 1 aliphatic heterocycles. The molecule has 2 aromatic rings. The van der Waals surface area contributed by atoms with Crippen molar-refractivity contribution in [2.45, 2.75) is 11.4 Å². The van der Waals surface area contributed by atoms with Gasteiger partial charge in [-0.3, -0.25) is 0 Å². The van der Waals surface area contributed by atoms with Crippen LogP contribution in [-0.4, -0.2) is 32.9 Å². The van der Waals surface area contributed by atoms with E-state index in [-0.39, 0.29) is 0 Å². The van der Waals surface area contributed by atoms with Gasteiger partial charge in [-0.15, -0.1) is 0 Å². The van der Waals surface area contributed by atoms with Gasteiger partial charge in [-0.05, 0) is 35.9 Å². The SMILES string of the molecule is CN1CCN(Cc2ccc(Cl)cc2)S(=O)(=O)c2ccc(Br)cc21. The molecule has 0 amide bonds. The Balaban J connectivity index is 2.00. The maximum absolute atomic E-state index is 13.0. The molecule has 122 valence electrons. The van der Waals surface area contributed by atoms with Crippen LogP contribution in [0.1, 0.15) is 5.56 Å². The number of nitrogens with zero attached hydrogens (tertiary/aromatic N) is 2. The fourth-order valence-corrected chi connectivity index (χ4v) is 4.72. The summed E-state index contributed by atoms with van der Waals surface area (Å²) in [6.45, 7) is 1.41. The highest BCUT2D eigenvalue weighted by Gasteiger charge is 2.31. The van der Waals surface area contributed by atoms with Crippen LogP contribution in [-0.2, 0) is 16.6 Å². The van der Waals surface area contributed by atoms with Gasteiger partial charge < -0.3 is 4.90 Å². The standard InChI is InChI=1S/C16H16BrClN2O2S/c1-19-8-9-20(11-12-2-5-14(18)6-3-12)23(21,22)16-7-4-13(17)10-15(16)19/h2-7,10H,8-9,11H2,1H3. The van der Waals surface area contributed by atoms with Gasteiger partial charge >= 0.3 is 0 Å². The van der Waals surface area contributed by atoms with Crippen molar-refractivity contribution in [2.75, 3.05) is 25.0 Å². The molecular formula is C16H16BrClN2O2S. The van der Waals surface area contributed by atoms with Crippen LogP contribution in [0.2, 0.25) is 5.02 Å². The molecule has 0 radical (unpaired) electrons. The zero-order valence-electron chi connectivity index (χ0n) is 12.5. The number of halogens is 2. The minimum absolute atomic E-state index is 0.336. The van der Waals surface area contributed by atoms with E-state index in [9.17, 15) is 8.42 Å².